The highest BCUT2D eigenvalue weighted by atomic mass is 19.4. The normalized spacial score (nSPS) is 23.2. The highest BCUT2D eigenvalue weighted by Crippen LogP contribution is 2.40. The average molecular weight is 469 g/mol. The molecular formula is C20H20F5N7O. The molecule has 1 saturated heterocycles. The fourth-order valence-electron chi connectivity index (χ4n) is 4.63. The number of aryl methyl sites for hydroxylation is 1. The summed E-state index contributed by atoms with van der Waals surface area (Å²) in [5.41, 5.74) is 0.654. The van der Waals surface area contributed by atoms with Gasteiger partial charge in [-0.15, -0.1) is 5.10 Å². The summed E-state index contributed by atoms with van der Waals surface area (Å²) in [4.78, 5) is 14.9. The third kappa shape index (κ3) is 4.00. The predicted molar refractivity (Wildman–Crippen MR) is 107 cm³/mol. The Labute approximate surface area is 184 Å². The zero-order valence-electron chi connectivity index (χ0n) is 17.4. The molecule has 4 heterocycles. The molecule has 8 nitrogen and oxygen atoms in total. The van der Waals surface area contributed by atoms with Crippen LogP contribution >= 0.6 is 0 Å². The van der Waals surface area contributed by atoms with Gasteiger partial charge in [0, 0.05) is 37.1 Å². The van der Waals surface area contributed by atoms with E-state index in [-0.39, 0.29) is 29.5 Å². The van der Waals surface area contributed by atoms with Crippen LogP contribution in [0.3, 0.4) is 0 Å². The van der Waals surface area contributed by atoms with Crippen LogP contribution in [0, 0.1) is 18.8 Å². The van der Waals surface area contributed by atoms with Gasteiger partial charge >= 0.3 is 12.3 Å². The first-order valence-electron chi connectivity index (χ1n) is 10.4. The fraction of sp³-hybridized carbons (Fsp3) is 0.500. The Morgan fingerprint density at radius 1 is 1.09 bits per heavy atom. The molecule has 0 amide bonds. The Kier molecular flexibility index (Phi) is 5.01. The second-order valence-corrected chi connectivity index (χ2v) is 8.38. The van der Waals surface area contributed by atoms with E-state index in [1.807, 2.05) is 13.0 Å². The largest absolute Gasteiger partial charge is 0.499 e. The topological polar surface area (TPSA) is 80.5 Å². The molecule has 0 radical (unpaired) electrons. The monoisotopic (exact) mass is 469 g/mol. The summed E-state index contributed by atoms with van der Waals surface area (Å²) in [5, 5.41) is 7.47. The van der Waals surface area contributed by atoms with Crippen LogP contribution in [-0.2, 0) is 0 Å². The molecule has 1 unspecified atom stereocenters. The minimum atomic E-state index is -5.85. The van der Waals surface area contributed by atoms with E-state index in [4.69, 9.17) is 0 Å². The Morgan fingerprint density at radius 2 is 1.82 bits per heavy atom. The molecule has 1 aliphatic carbocycles. The number of hydrogen-bond acceptors (Lipinski definition) is 7. The van der Waals surface area contributed by atoms with Gasteiger partial charge in [0.25, 0.3) is 0 Å². The van der Waals surface area contributed by atoms with Crippen LogP contribution in [0.2, 0.25) is 0 Å². The highest BCUT2D eigenvalue weighted by Gasteiger charge is 2.61. The number of piperidine rings is 1. The number of hydrogen-bond donors (Lipinski definition) is 1. The Morgan fingerprint density at radius 3 is 2.48 bits per heavy atom. The van der Waals surface area contributed by atoms with E-state index in [9.17, 15) is 22.0 Å². The van der Waals surface area contributed by atoms with Gasteiger partial charge in [0.1, 0.15) is 12.1 Å². The van der Waals surface area contributed by atoms with Gasteiger partial charge in [-0.2, -0.15) is 26.9 Å². The molecule has 176 valence electrons. The van der Waals surface area contributed by atoms with E-state index >= 15 is 0 Å². The first-order chi connectivity index (χ1) is 15.6. The smallest absolute Gasteiger partial charge is 0.422 e. The second kappa shape index (κ2) is 7.66. The predicted octanol–water partition coefficient (Wildman–Crippen LogP) is 3.69. The number of fused-ring (bicyclic) bond motifs is 3. The molecule has 3 aromatic heterocycles. The Bertz CT molecular complexity index is 1150. The van der Waals surface area contributed by atoms with E-state index in [2.05, 4.69) is 35.0 Å². The van der Waals surface area contributed by atoms with Crippen molar-refractivity contribution in [1.82, 2.24) is 24.6 Å². The van der Waals surface area contributed by atoms with Crippen molar-refractivity contribution in [3.05, 3.63) is 36.4 Å². The number of ether oxygens (including phenoxy) is 1. The first kappa shape index (κ1) is 21.6. The minimum Gasteiger partial charge on any atom is -0.422 e. The van der Waals surface area contributed by atoms with Crippen LogP contribution in [0.4, 0.5) is 33.7 Å². The van der Waals surface area contributed by atoms with Gasteiger partial charge < -0.3 is 15.0 Å². The standard InChI is InChI=1S/C20H20F5N7O/c1-11-7-15(27-10-26-11)31-8-12-4-5-13(9-31)16(12)28-18-29-17-14(3-2-6-32(17)30-18)33-20(24,25)19(21,22)23/h2-3,6-7,10,12-13,16H,4-5,8-9H2,1H3,(H,28,30)/t12-,13+,16?. The number of anilines is 2. The summed E-state index contributed by atoms with van der Waals surface area (Å²) in [6.45, 7) is 3.44. The maximum absolute atomic E-state index is 13.4. The van der Waals surface area contributed by atoms with E-state index in [0.29, 0.717) is 0 Å². The molecule has 0 spiro atoms. The fourth-order valence-corrected chi connectivity index (χ4v) is 4.63. The summed E-state index contributed by atoms with van der Waals surface area (Å²) in [5.74, 6) is 0.856. The van der Waals surface area contributed by atoms with Gasteiger partial charge in [-0.25, -0.2) is 14.5 Å². The van der Waals surface area contributed by atoms with Crippen molar-refractivity contribution >= 4 is 17.4 Å². The SMILES string of the molecule is Cc1cc(N2C[C@H]3CC[C@@H](C2)C3Nc2nc3c(OC(F)(F)C(F)(F)F)cccn3n2)ncn1. The molecule has 2 aliphatic rings. The molecule has 3 atom stereocenters. The molecule has 33 heavy (non-hydrogen) atoms. The minimum absolute atomic E-state index is 0.0441. The van der Waals surface area contributed by atoms with Crippen molar-refractivity contribution in [2.75, 3.05) is 23.3 Å². The van der Waals surface area contributed by atoms with E-state index in [0.717, 1.165) is 48.0 Å². The molecular weight excluding hydrogens is 449 g/mol. The molecule has 3 aromatic rings. The van der Waals surface area contributed by atoms with Crippen LogP contribution in [0.1, 0.15) is 18.5 Å². The van der Waals surface area contributed by atoms with Crippen LogP contribution in [0.5, 0.6) is 5.75 Å². The maximum atomic E-state index is 13.4. The lowest BCUT2D eigenvalue weighted by atomic mass is 9.92. The molecule has 13 heteroatoms. The molecule has 0 aromatic carbocycles. The van der Waals surface area contributed by atoms with Crippen molar-refractivity contribution in [3.63, 3.8) is 0 Å². The molecule has 2 fully saturated rings. The van der Waals surface area contributed by atoms with Gasteiger partial charge in [-0.1, -0.05) is 0 Å². The maximum Gasteiger partial charge on any atom is 0.499 e. The highest BCUT2D eigenvalue weighted by molar-refractivity contribution is 5.56. The third-order valence-electron chi connectivity index (χ3n) is 6.14. The summed E-state index contributed by atoms with van der Waals surface area (Å²) in [6, 6.07) is 4.25. The number of alkyl halides is 5. The van der Waals surface area contributed by atoms with Crippen molar-refractivity contribution in [2.24, 2.45) is 11.8 Å². The lowest BCUT2D eigenvalue weighted by Crippen LogP contribution is -2.48. The second-order valence-electron chi connectivity index (χ2n) is 8.38. The number of rotatable bonds is 5. The van der Waals surface area contributed by atoms with Gasteiger partial charge in [-0.3, -0.25) is 0 Å². The van der Waals surface area contributed by atoms with Crippen LogP contribution < -0.4 is 15.0 Å². The van der Waals surface area contributed by atoms with Crippen LogP contribution in [0.15, 0.2) is 30.7 Å². The molecule has 1 N–H and O–H groups in total. The molecule has 2 bridgehead atoms. The van der Waals surface area contributed by atoms with E-state index < -0.39 is 18.0 Å². The summed E-state index contributed by atoms with van der Waals surface area (Å²) in [7, 11) is 0. The van der Waals surface area contributed by atoms with Gasteiger partial charge in [0.2, 0.25) is 5.95 Å². The Hall–Kier alpha value is -3.25. The number of aromatic nitrogens is 5. The summed E-state index contributed by atoms with van der Waals surface area (Å²) >= 11 is 0. The third-order valence-corrected chi connectivity index (χ3v) is 6.14. The summed E-state index contributed by atoms with van der Waals surface area (Å²) < 4.78 is 69.6. The van der Waals surface area contributed by atoms with Crippen molar-refractivity contribution in [3.8, 4) is 5.75 Å². The average Bonchev–Trinajstić information content (AvgIpc) is 3.24. The zero-order chi connectivity index (χ0) is 23.4. The summed E-state index contributed by atoms with van der Waals surface area (Å²) in [6.07, 6.45) is -6.28. The van der Waals surface area contributed by atoms with Crippen LogP contribution in [0.25, 0.3) is 5.65 Å². The molecule has 5 rings (SSSR count). The van der Waals surface area contributed by atoms with Crippen molar-refractivity contribution in [2.45, 2.75) is 38.1 Å². The van der Waals surface area contributed by atoms with Gasteiger partial charge in [0.05, 0.1) is 0 Å². The van der Waals surface area contributed by atoms with Gasteiger partial charge in [0.15, 0.2) is 11.4 Å². The number of pyridine rings is 1. The molecule has 1 saturated carbocycles. The number of nitrogens with one attached hydrogen (secondary N) is 1. The zero-order valence-corrected chi connectivity index (χ0v) is 17.4. The van der Waals surface area contributed by atoms with Crippen molar-refractivity contribution < 1.29 is 26.7 Å². The number of halogens is 5. The van der Waals surface area contributed by atoms with E-state index in [1.165, 1.54) is 12.3 Å². The first-order valence-corrected chi connectivity index (χ1v) is 10.4. The quantitative estimate of drug-likeness (QED) is 0.571. The van der Waals surface area contributed by atoms with Crippen LogP contribution in [-0.4, -0.2) is 56.0 Å². The Balaban J connectivity index is 1.34. The molecule has 1 aliphatic heterocycles. The van der Waals surface area contributed by atoms with Crippen molar-refractivity contribution in [1.29, 1.82) is 0 Å². The lowest BCUT2D eigenvalue weighted by molar-refractivity contribution is -0.360. The number of nitrogens with zero attached hydrogens (tertiary/aromatic N) is 6. The van der Waals surface area contributed by atoms with E-state index in [1.54, 1.807) is 6.33 Å². The van der Waals surface area contributed by atoms with Gasteiger partial charge in [-0.05, 0) is 43.7 Å². The lowest BCUT2D eigenvalue weighted by Gasteiger charge is -2.38.